The molecule has 0 fully saturated rings. The average Bonchev–Trinajstić information content (AvgIpc) is 3.16. The molecule has 1 amide bonds. The molecule has 2 N–H and O–H groups in total. The minimum Gasteiger partial charge on any atom is -0.454 e. The van der Waals surface area contributed by atoms with E-state index in [0.717, 1.165) is 36.6 Å². The summed E-state index contributed by atoms with van der Waals surface area (Å²) in [6.45, 7) is 1.61. The van der Waals surface area contributed by atoms with Crippen LogP contribution >= 0.6 is 0 Å². The van der Waals surface area contributed by atoms with Crippen LogP contribution in [0.2, 0.25) is 0 Å². The van der Waals surface area contributed by atoms with Crippen molar-refractivity contribution in [3.8, 4) is 0 Å². The van der Waals surface area contributed by atoms with Crippen LogP contribution in [-0.2, 0) is 22.4 Å². The molecule has 31 heavy (non-hydrogen) atoms. The van der Waals surface area contributed by atoms with Gasteiger partial charge in [0.1, 0.15) is 0 Å². The lowest BCUT2D eigenvalue weighted by atomic mass is 9.95. The van der Waals surface area contributed by atoms with Crippen LogP contribution in [0.4, 0.5) is 5.69 Å². The Bertz CT molecular complexity index is 1130. The molecule has 0 unspecified atom stereocenters. The molecule has 1 aliphatic carbocycles. The first-order valence-electron chi connectivity index (χ1n) is 10.8. The van der Waals surface area contributed by atoms with E-state index in [1.165, 1.54) is 17.7 Å². The highest BCUT2D eigenvalue weighted by molar-refractivity contribution is 6.01. The molecule has 0 saturated heterocycles. The highest BCUT2D eigenvalue weighted by Gasteiger charge is 2.18. The molecule has 6 nitrogen and oxygen atoms in total. The van der Waals surface area contributed by atoms with Crippen molar-refractivity contribution in [3.63, 3.8) is 0 Å². The van der Waals surface area contributed by atoms with Gasteiger partial charge in [-0.2, -0.15) is 0 Å². The molecule has 0 spiro atoms. The fourth-order valence-electron chi connectivity index (χ4n) is 4.02. The number of ketones is 1. The smallest absolute Gasteiger partial charge is 0.338 e. The van der Waals surface area contributed by atoms with Gasteiger partial charge >= 0.3 is 5.97 Å². The summed E-state index contributed by atoms with van der Waals surface area (Å²) >= 11 is 0. The lowest BCUT2D eigenvalue weighted by molar-refractivity contribution is -0.116. The van der Waals surface area contributed by atoms with Gasteiger partial charge in [0.05, 0.1) is 5.56 Å². The standard InChI is InChI=1S/C25H26N2O4/c1-2-5-24(29)26-18-11-8-16(9-12-18)23(28)15-31-25(30)17-10-13-22-20(14-17)19-6-3-4-7-21(19)27-22/h8-14,27H,2-7,15H2,1H3,(H,26,29). The fourth-order valence-corrected chi connectivity index (χ4v) is 4.02. The van der Waals surface area contributed by atoms with Crippen molar-refractivity contribution in [1.29, 1.82) is 0 Å². The maximum Gasteiger partial charge on any atom is 0.338 e. The van der Waals surface area contributed by atoms with E-state index in [1.54, 1.807) is 30.3 Å². The van der Waals surface area contributed by atoms with Gasteiger partial charge in [-0.25, -0.2) is 4.79 Å². The lowest BCUT2D eigenvalue weighted by Crippen LogP contribution is -2.14. The fraction of sp³-hybridized carbons (Fsp3) is 0.320. The molecule has 4 rings (SSSR count). The molecular formula is C25H26N2O4. The van der Waals surface area contributed by atoms with Crippen molar-refractivity contribution in [1.82, 2.24) is 4.98 Å². The predicted octanol–water partition coefficient (Wildman–Crippen LogP) is 4.83. The zero-order valence-electron chi connectivity index (χ0n) is 17.6. The summed E-state index contributed by atoms with van der Waals surface area (Å²) in [7, 11) is 0. The van der Waals surface area contributed by atoms with Crippen LogP contribution in [0.1, 0.15) is 64.6 Å². The van der Waals surface area contributed by atoms with Gasteiger partial charge in [-0.3, -0.25) is 9.59 Å². The van der Waals surface area contributed by atoms with Crippen molar-refractivity contribution in [3.05, 3.63) is 64.8 Å². The first-order chi connectivity index (χ1) is 15.0. The molecule has 6 heteroatoms. The zero-order valence-corrected chi connectivity index (χ0v) is 17.6. The van der Waals surface area contributed by atoms with Gasteiger partial charge in [-0.1, -0.05) is 6.92 Å². The molecule has 1 heterocycles. The Morgan fingerprint density at radius 3 is 2.52 bits per heavy atom. The number of amides is 1. The number of benzene rings is 2. The van der Waals surface area contributed by atoms with Gasteiger partial charge in [-0.05, 0) is 80.1 Å². The number of hydrogen-bond acceptors (Lipinski definition) is 4. The van der Waals surface area contributed by atoms with Gasteiger partial charge in [0.2, 0.25) is 5.91 Å². The van der Waals surface area contributed by atoms with Crippen molar-refractivity contribution in [2.75, 3.05) is 11.9 Å². The first-order valence-corrected chi connectivity index (χ1v) is 10.8. The second-order valence-corrected chi connectivity index (χ2v) is 7.92. The minimum atomic E-state index is -0.510. The topological polar surface area (TPSA) is 88.3 Å². The van der Waals surface area contributed by atoms with Crippen LogP contribution in [-0.4, -0.2) is 29.3 Å². The molecule has 160 valence electrons. The molecular weight excluding hydrogens is 392 g/mol. The first kappa shape index (κ1) is 20.8. The van der Waals surface area contributed by atoms with Gasteiger partial charge in [0.25, 0.3) is 0 Å². The Labute approximate surface area is 181 Å². The second-order valence-electron chi connectivity index (χ2n) is 7.92. The Hall–Kier alpha value is -3.41. The predicted molar refractivity (Wildman–Crippen MR) is 120 cm³/mol. The van der Waals surface area contributed by atoms with E-state index in [9.17, 15) is 14.4 Å². The van der Waals surface area contributed by atoms with Crippen LogP contribution < -0.4 is 5.32 Å². The van der Waals surface area contributed by atoms with E-state index in [-0.39, 0.29) is 18.3 Å². The van der Waals surface area contributed by atoms with Crippen molar-refractivity contribution in [2.24, 2.45) is 0 Å². The van der Waals surface area contributed by atoms with E-state index in [0.29, 0.717) is 23.2 Å². The van der Waals surface area contributed by atoms with Gasteiger partial charge in [-0.15, -0.1) is 0 Å². The van der Waals surface area contributed by atoms with E-state index in [1.807, 2.05) is 19.1 Å². The van der Waals surface area contributed by atoms with Crippen molar-refractivity contribution in [2.45, 2.75) is 45.4 Å². The van der Waals surface area contributed by atoms with Crippen LogP contribution in [0.3, 0.4) is 0 Å². The normalized spacial score (nSPS) is 12.9. The number of esters is 1. The minimum absolute atomic E-state index is 0.0591. The zero-order chi connectivity index (χ0) is 21.8. The van der Waals surface area contributed by atoms with Crippen LogP contribution in [0, 0.1) is 0 Å². The third-order valence-corrected chi connectivity index (χ3v) is 5.64. The Morgan fingerprint density at radius 1 is 1.00 bits per heavy atom. The molecule has 1 aromatic heterocycles. The number of H-pyrrole nitrogens is 1. The summed E-state index contributed by atoms with van der Waals surface area (Å²) in [5, 5.41) is 3.84. The number of aromatic amines is 1. The summed E-state index contributed by atoms with van der Waals surface area (Å²) in [5.41, 5.74) is 5.09. The number of Topliss-reactive ketones (excluding diaryl/α,β-unsaturated/α-hetero) is 1. The van der Waals surface area contributed by atoms with E-state index in [4.69, 9.17) is 4.74 Å². The number of carbonyl (C=O) groups excluding carboxylic acids is 3. The number of aryl methyl sites for hydroxylation is 2. The molecule has 2 aromatic carbocycles. The number of anilines is 1. The average molecular weight is 418 g/mol. The molecule has 0 radical (unpaired) electrons. The van der Waals surface area contributed by atoms with Gasteiger partial charge < -0.3 is 15.0 Å². The van der Waals surface area contributed by atoms with Crippen molar-refractivity contribution < 1.29 is 19.1 Å². The number of ether oxygens (including phenoxy) is 1. The summed E-state index contributed by atoms with van der Waals surface area (Å²) in [6, 6.07) is 12.1. The molecule has 0 bridgehead atoms. The van der Waals surface area contributed by atoms with E-state index < -0.39 is 5.97 Å². The van der Waals surface area contributed by atoms with Gasteiger partial charge in [0.15, 0.2) is 12.4 Å². The van der Waals surface area contributed by atoms with Crippen molar-refractivity contribution >= 4 is 34.3 Å². The quantitative estimate of drug-likeness (QED) is 0.425. The van der Waals surface area contributed by atoms with Crippen LogP contribution in [0.25, 0.3) is 10.9 Å². The third-order valence-electron chi connectivity index (χ3n) is 5.64. The highest BCUT2D eigenvalue weighted by atomic mass is 16.5. The maximum absolute atomic E-state index is 12.5. The number of hydrogen-bond donors (Lipinski definition) is 2. The highest BCUT2D eigenvalue weighted by Crippen LogP contribution is 2.29. The molecule has 1 aliphatic rings. The largest absolute Gasteiger partial charge is 0.454 e. The van der Waals surface area contributed by atoms with Crippen LogP contribution in [0.5, 0.6) is 0 Å². The Morgan fingerprint density at radius 2 is 1.74 bits per heavy atom. The molecule has 3 aromatic rings. The molecule has 0 atom stereocenters. The van der Waals surface area contributed by atoms with Crippen LogP contribution in [0.15, 0.2) is 42.5 Å². The number of aromatic nitrogens is 1. The Kier molecular flexibility index (Phi) is 6.16. The number of fused-ring (bicyclic) bond motifs is 3. The summed E-state index contributed by atoms with van der Waals surface area (Å²) in [4.78, 5) is 40.0. The lowest BCUT2D eigenvalue weighted by Gasteiger charge is -2.10. The summed E-state index contributed by atoms with van der Waals surface area (Å²) < 4.78 is 5.27. The summed E-state index contributed by atoms with van der Waals surface area (Å²) in [6.07, 6.45) is 5.62. The number of nitrogens with one attached hydrogen (secondary N) is 2. The third kappa shape index (κ3) is 4.68. The van der Waals surface area contributed by atoms with Gasteiger partial charge in [0, 0.05) is 34.3 Å². The SMILES string of the molecule is CCCC(=O)Nc1ccc(C(=O)COC(=O)c2ccc3[nH]c4c(c3c2)CCCC4)cc1. The Balaban J connectivity index is 1.38. The number of carbonyl (C=O) groups is 3. The second kappa shape index (κ2) is 9.16. The monoisotopic (exact) mass is 418 g/mol. The summed E-state index contributed by atoms with van der Waals surface area (Å²) in [5.74, 6) is -0.861. The maximum atomic E-state index is 12.5. The molecule has 0 aliphatic heterocycles. The van der Waals surface area contributed by atoms with E-state index in [2.05, 4.69) is 10.3 Å². The molecule has 0 saturated carbocycles. The number of rotatable bonds is 7. The van der Waals surface area contributed by atoms with E-state index >= 15 is 0 Å².